The Morgan fingerprint density at radius 3 is 1.85 bits per heavy atom. The zero-order valence-corrected chi connectivity index (χ0v) is 9.22. The highest BCUT2D eigenvalue weighted by molar-refractivity contribution is 5.11. The number of nitrogens with zero attached hydrogens (tertiary/aromatic N) is 1. The summed E-state index contributed by atoms with van der Waals surface area (Å²) < 4.78 is 0. The zero-order valence-electron chi connectivity index (χ0n) is 9.22. The van der Waals surface area contributed by atoms with E-state index in [1.165, 1.54) is 25.9 Å². The van der Waals surface area contributed by atoms with Crippen molar-refractivity contribution in [2.75, 3.05) is 13.1 Å². The van der Waals surface area contributed by atoms with Crippen molar-refractivity contribution in [1.82, 2.24) is 4.90 Å². The quantitative estimate of drug-likeness (QED) is 0.703. The van der Waals surface area contributed by atoms with Crippen molar-refractivity contribution in [3.05, 3.63) is 0 Å². The van der Waals surface area contributed by atoms with Crippen LogP contribution in [-0.4, -0.2) is 34.2 Å². The molecule has 2 fully saturated rings. The highest BCUT2D eigenvalue weighted by Crippen LogP contribution is 2.55. The monoisotopic (exact) mass is 183 g/mol. The summed E-state index contributed by atoms with van der Waals surface area (Å²) >= 11 is 0. The van der Waals surface area contributed by atoms with Crippen LogP contribution in [0.4, 0.5) is 0 Å². The van der Waals surface area contributed by atoms with Crippen LogP contribution in [0.25, 0.3) is 0 Å². The lowest BCUT2D eigenvalue weighted by molar-refractivity contribution is -0.119. The minimum atomic E-state index is -0.608. The molecule has 0 unspecified atom stereocenters. The fraction of sp³-hybridized carbons (Fsp3) is 1.00. The third-order valence-electron chi connectivity index (χ3n) is 4.30. The summed E-state index contributed by atoms with van der Waals surface area (Å²) in [6.45, 7) is 10.5. The summed E-state index contributed by atoms with van der Waals surface area (Å²) in [6.07, 6.45) is 2.82. The molecule has 1 saturated heterocycles. The van der Waals surface area contributed by atoms with Gasteiger partial charge in [0.2, 0.25) is 0 Å². The molecular weight excluding hydrogens is 162 g/mol. The third-order valence-corrected chi connectivity index (χ3v) is 4.30. The summed E-state index contributed by atoms with van der Waals surface area (Å²) in [6, 6.07) is 0. The predicted octanol–water partition coefficient (Wildman–Crippen LogP) is 1.63. The van der Waals surface area contributed by atoms with Crippen LogP contribution in [0.1, 0.15) is 40.5 Å². The number of hydrogen-bond donors (Lipinski definition) is 1. The molecule has 1 heterocycles. The van der Waals surface area contributed by atoms with Gasteiger partial charge in [-0.1, -0.05) is 0 Å². The molecule has 2 nitrogen and oxygen atoms in total. The lowest BCUT2D eigenvalue weighted by Crippen LogP contribution is -2.66. The Labute approximate surface area is 80.9 Å². The first-order chi connectivity index (χ1) is 5.77. The Morgan fingerprint density at radius 1 is 1.08 bits per heavy atom. The molecule has 0 atom stereocenters. The summed E-state index contributed by atoms with van der Waals surface area (Å²) in [5.41, 5.74) is -0.00708. The van der Waals surface area contributed by atoms with Crippen molar-refractivity contribution in [2.24, 2.45) is 5.41 Å². The molecule has 2 aliphatic rings. The molecular formula is C11H21NO. The highest BCUT2D eigenvalue weighted by atomic mass is 16.3. The van der Waals surface area contributed by atoms with Crippen molar-refractivity contribution in [3.63, 3.8) is 0 Å². The molecule has 1 saturated carbocycles. The number of likely N-dealkylation sites (tertiary alicyclic amines) is 1. The number of hydrogen-bond acceptors (Lipinski definition) is 2. The van der Waals surface area contributed by atoms with E-state index in [1.807, 2.05) is 13.8 Å². The lowest BCUT2D eigenvalue weighted by atomic mass is 9.79. The van der Waals surface area contributed by atoms with Crippen LogP contribution in [0.2, 0.25) is 0 Å². The summed E-state index contributed by atoms with van der Waals surface area (Å²) in [5.74, 6) is 0. The standard InChI is InChI=1S/C11H21NO/c1-9(2,10(3,4)13)12-7-11(8-12)5-6-11/h13H,5-8H2,1-4H3. The minimum Gasteiger partial charge on any atom is -0.389 e. The van der Waals surface area contributed by atoms with E-state index in [1.54, 1.807) is 0 Å². The largest absolute Gasteiger partial charge is 0.389 e. The molecule has 76 valence electrons. The number of aliphatic hydroxyl groups is 1. The van der Waals surface area contributed by atoms with Gasteiger partial charge in [-0.15, -0.1) is 0 Å². The first kappa shape index (κ1) is 9.47. The van der Waals surface area contributed by atoms with Gasteiger partial charge in [-0.25, -0.2) is 0 Å². The van der Waals surface area contributed by atoms with Gasteiger partial charge in [-0.05, 0) is 46.0 Å². The van der Waals surface area contributed by atoms with Crippen LogP contribution >= 0.6 is 0 Å². The minimum absolute atomic E-state index is 0.0825. The van der Waals surface area contributed by atoms with Gasteiger partial charge in [-0.3, -0.25) is 4.90 Å². The Hall–Kier alpha value is -0.0800. The summed E-state index contributed by atoms with van der Waals surface area (Å²) in [4.78, 5) is 2.42. The van der Waals surface area contributed by atoms with Crippen LogP contribution in [0.3, 0.4) is 0 Å². The van der Waals surface area contributed by atoms with Crippen LogP contribution < -0.4 is 0 Å². The van der Waals surface area contributed by atoms with E-state index in [0.29, 0.717) is 5.41 Å². The van der Waals surface area contributed by atoms with Gasteiger partial charge in [-0.2, -0.15) is 0 Å². The molecule has 1 aliphatic carbocycles. The van der Waals surface area contributed by atoms with Gasteiger partial charge in [0.15, 0.2) is 0 Å². The number of rotatable bonds is 2. The van der Waals surface area contributed by atoms with Crippen LogP contribution in [0, 0.1) is 5.41 Å². The lowest BCUT2D eigenvalue weighted by Gasteiger charge is -2.54. The Kier molecular flexibility index (Phi) is 1.67. The highest BCUT2D eigenvalue weighted by Gasteiger charge is 2.57. The molecule has 0 radical (unpaired) electrons. The molecule has 13 heavy (non-hydrogen) atoms. The normalized spacial score (nSPS) is 27.5. The Bertz CT molecular complexity index is 215. The van der Waals surface area contributed by atoms with Crippen molar-refractivity contribution < 1.29 is 5.11 Å². The average molecular weight is 183 g/mol. The van der Waals surface area contributed by atoms with Crippen molar-refractivity contribution >= 4 is 0 Å². The van der Waals surface area contributed by atoms with Gasteiger partial charge in [0.25, 0.3) is 0 Å². The second kappa shape index (κ2) is 2.29. The SMILES string of the molecule is CC(C)(O)C(C)(C)N1CC2(CC2)C1. The maximum absolute atomic E-state index is 10.0. The molecule has 1 N–H and O–H groups in total. The average Bonchev–Trinajstić information content (AvgIpc) is 2.57. The van der Waals surface area contributed by atoms with Gasteiger partial charge < -0.3 is 5.11 Å². The third kappa shape index (κ3) is 1.31. The fourth-order valence-electron chi connectivity index (χ4n) is 2.04. The summed E-state index contributed by atoms with van der Waals surface area (Å²) in [5, 5.41) is 10.0. The molecule has 0 bridgehead atoms. The van der Waals surface area contributed by atoms with Gasteiger partial charge >= 0.3 is 0 Å². The molecule has 0 aromatic rings. The first-order valence-electron chi connectivity index (χ1n) is 5.24. The maximum Gasteiger partial charge on any atom is 0.0769 e. The van der Waals surface area contributed by atoms with Crippen molar-refractivity contribution in [1.29, 1.82) is 0 Å². The first-order valence-corrected chi connectivity index (χ1v) is 5.24. The molecule has 1 aliphatic heterocycles. The van der Waals surface area contributed by atoms with Crippen molar-refractivity contribution in [3.8, 4) is 0 Å². The molecule has 0 aromatic carbocycles. The van der Waals surface area contributed by atoms with Gasteiger partial charge in [0.05, 0.1) is 5.60 Å². The topological polar surface area (TPSA) is 23.5 Å². The molecule has 2 rings (SSSR count). The fourth-order valence-corrected chi connectivity index (χ4v) is 2.04. The van der Waals surface area contributed by atoms with Gasteiger partial charge in [0.1, 0.15) is 0 Å². The maximum atomic E-state index is 10.0. The van der Waals surface area contributed by atoms with Crippen LogP contribution in [-0.2, 0) is 0 Å². The van der Waals surface area contributed by atoms with E-state index in [4.69, 9.17) is 0 Å². The zero-order chi connectivity index (χ0) is 9.91. The van der Waals surface area contributed by atoms with Crippen molar-refractivity contribution in [2.45, 2.75) is 51.7 Å². The van der Waals surface area contributed by atoms with E-state index in [0.717, 1.165) is 0 Å². The van der Waals surface area contributed by atoms with E-state index < -0.39 is 5.60 Å². The van der Waals surface area contributed by atoms with E-state index in [2.05, 4.69) is 18.7 Å². The molecule has 2 heteroatoms. The second-order valence-electron chi connectivity index (χ2n) is 5.97. The predicted molar refractivity (Wildman–Crippen MR) is 53.6 cm³/mol. The molecule has 0 amide bonds. The summed E-state index contributed by atoms with van der Waals surface area (Å²) in [7, 11) is 0. The van der Waals surface area contributed by atoms with Crippen LogP contribution in [0.5, 0.6) is 0 Å². The van der Waals surface area contributed by atoms with E-state index in [-0.39, 0.29) is 5.54 Å². The molecule has 0 aromatic heterocycles. The Morgan fingerprint density at radius 2 is 1.54 bits per heavy atom. The van der Waals surface area contributed by atoms with Gasteiger partial charge in [0, 0.05) is 18.6 Å². The van der Waals surface area contributed by atoms with E-state index >= 15 is 0 Å². The smallest absolute Gasteiger partial charge is 0.0769 e. The Balaban J connectivity index is 2.00. The second-order valence-corrected chi connectivity index (χ2v) is 5.97. The van der Waals surface area contributed by atoms with Crippen LogP contribution in [0.15, 0.2) is 0 Å². The van der Waals surface area contributed by atoms with E-state index in [9.17, 15) is 5.11 Å². The molecule has 1 spiro atoms.